The van der Waals surface area contributed by atoms with Gasteiger partial charge in [-0.05, 0) is 110 Å². The lowest BCUT2D eigenvalue weighted by atomic mass is 9.54. The summed E-state index contributed by atoms with van der Waals surface area (Å²) < 4.78 is 13.9. The molecule has 3 aliphatic carbocycles. The van der Waals surface area contributed by atoms with E-state index in [-0.39, 0.29) is 23.2 Å². The Labute approximate surface area is 195 Å². The Morgan fingerprint density at radius 1 is 1.24 bits per heavy atom. The Balaban J connectivity index is 1.37. The first-order valence-corrected chi connectivity index (χ1v) is 12.2. The molecule has 6 unspecified atom stereocenters. The third kappa shape index (κ3) is 3.80. The van der Waals surface area contributed by atoms with Crippen LogP contribution in [-0.4, -0.2) is 28.1 Å². The zero-order valence-electron chi connectivity index (χ0n) is 19.6. The van der Waals surface area contributed by atoms with Crippen LogP contribution in [0.4, 0.5) is 4.39 Å². The van der Waals surface area contributed by atoms with Gasteiger partial charge in [0.2, 0.25) is 0 Å². The standard InChI is InChI=1S/C28H33FN2O2/c1-16(17(2)32)31-27(33)19-5-6-22-18(12-19)4-7-24-23(22)10-11-28(3)25(8-9-26(24)28)20-13-21(29)15-30-14-20/h5-6,8,12-17,23-24,26,32H,4,7,9-11H2,1-3H3,(H,31,33). The summed E-state index contributed by atoms with van der Waals surface area (Å²) in [6, 6.07) is 7.50. The van der Waals surface area contributed by atoms with E-state index < -0.39 is 6.10 Å². The maximum Gasteiger partial charge on any atom is 0.251 e. The number of amides is 1. The number of fused-ring (bicyclic) bond motifs is 5. The molecular formula is C28H33FN2O2. The van der Waals surface area contributed by atoms with Crippen molar-refractivity contribution in [3.63, 3.8) is 0 Å². The van der Waals surface area contributed by atoms with Crippen LogP contribution < -0.4 is 5.32 Å². The minimum absolute atomic E-state index is 0.0606. The topological polar surface area (TPSA) is 62.2 Å². The van der Waals surface area contributed by atoms with Crippen molar-refractivity contribution in [3.8, 4) is 0 Å². The SMILES string of the molecule is CC(O)C(C)NC(=O)c1ccc2c(c1)CCC1C2CCC2(C)C(c3cncc(F)c3)=CCC12. The number of benzene rings is 1. The van der Waals surface area contributed by atoms with E-state index in [2.05, 4.69) is 35.4 Å². The molecule has 174 valence electrons. The maximum atomic E-state index is 13.9. The predicted octanol–water partition coefficient (Wildman–Crippen LogP) is 5.27. The number of halogens is 1. The normalized spacial score (nSPS) is 29.8. The van der Waals surface area contributed by atoms with Crippen molar-refractivity contribution < 1.29 is 14.3 Å². The molecule has 1 aromatic carbocycles. The summed E-state index contributed by atoms with van der Waals surface area (Å²) in [4.78, 5) is 16.7. The number of hydrogen-bond acceptors (Lipinski definition) is 3. The molecular weight excluding hydrogens is 415 g/mol. The summed E-state index contributed by atoms with van der Waals surface area (Å²) in [6.45, 7) is 5.86. The van der Waals surface area contributed by atoms with Gasteiger partial charge < -0.3 is 10.4 Å². The van der Waals surface area contributed by atoms with Crippen molar-refractivity contribution in [3.05, 3.63) is 70.8 Å². The van der Waals surface area contributed by atoms with Gasteiger partial charge in [-0.1, -0.05) is 19.1 Å². The Morgan fingerprint density at radius 3 is 2.82 bits per heavy atom. The van der Waals surface area contributed by atoms with Crippen molar-refractivity contribution >= 4 is 11.5 Å². The molecule has 2 N–H and O–H groups in total. The monoisotopic (exact) mass is 448 g/mol. The van der Waals surface area contributed by atoms with Crippen LogP contribution in [0.2, 0.25) is 0 Å². The number of rotatable bonds is 4. The Morgan fingerprint density at radius 2 is 2.06 bits per heavy atom. The Bertz CT molecular complexity index is 1110. The van der Waals surface area contributed by atoms with Crippen molar-refractivity contribution in [2.45, 2.75) is 70.9 Å². The number of hydrogen-bond donors (Lipinski definition) is 2. The summed E-state index contributed by atoms with van der Waals surface area (Å²) in [6.07, 6.45) is 10.1. The van der Waals surface area contributed by atoms with Crippen LogP contribution in [0.1, 0.15) is 79.4 Å². The van der Waals surface area contributed by atoms with E-state index >= 15 is 0 Å². The number of aromatic nitrogens is 1. The van der Waals surface area contributed by atoms with Crippen molar-refractivity contribution in [1.29, 1.82) is 0 Å². The summed E-state index contributed by atoms with van der Waals surface area (Å²) in [5, 5.41) is 12.6. The average molecular weight is 449 g/mol. The molecule has 0 radical (unpaired) electrons. The van der Waals surface area contributed by atoms with E-state index in [1.54, 1.807) is 19.2 Å². The van der Waals surface area contributed by atoms with Crippen LogP contribution in [0.5, 0.6) is 0 Å². The summed E-state index contributed by atoms with van der Waals surface area (Å²) >= 11 is 0. The molecule has 1 aromatic heterocycles. The molecule has 2 aromatic rings. The molecule has 0 aliphatic heterocycles. The van der Waals surface area contributed by atoms with Gasteiger partial charge in [0.1, 0.15) is 5.82 Å². The molecule has 33 heavy (non-hydrogen) atoms. The fourth-order valence-electron chi connectivity index (χ4n) is 6.71. The van der Waals surface area contributed by atoms with E-state index in [1.165, 1.54) is 22.9 Å². The zero-order chi connectivity index (χ0) is 23.3. The van der Waals surface area contributed by atoms with Gasteiger partial charge >= 0.3 is 0 Å². The molecule has 6 atom stereocenters. The summed E-state index contributed by atoms with van der Waals surface area (Å²) in [5.74, 6) is 1.26. The molecule has 0 saturated heterocycles. The van der Waals surface area contributed by atoms with Gasteiger partial charge in [0.25, 0.3) is 5.91 Å². The molecule has 1 heterocycles. The number of nitrogens with one attached hydrogen (secondary N) is 1. The summed E-state index contributed by atoms with van der Waals surface area (Å²) in [7, 11) is 0. The molecule has 4 nitrogen and oxygen atoms in total. The molecule has 0 bridgehead atoms. The largest absolute Gasteiger partial charge is 0.391 e. The van der Waals surface area contributed by atoms with Gasteiger partial charge in [-0.15, -0.1) is 0 Å². The van der Waals surface area contributed by atoms with Gasteiger partial charge in [0.15, 0.2) is 0 Å². The second-order valence-corrected chi connectivity index (χ2v) is 10.5. The number of aliphatic hydroxyl groups excluding tert-OH is 1. The number of allylic oxidation sites excluding steroid dienone is 2. The van der Waals surface area contributed by atoms with Gasteiger partial charge in [-0.25, -0.2) is 4.39 Å². The Hall–Kier alpha value is -2.53. The van der Waals surface area contributed by atoms with Crippen LogP contribution in [0.25, 0.3) is 5.57 Å². The third-order valence-corrected chi connectivity index (χ3v) is 8.67. The van der Waals surface area contributed by atoms with Crippen LogP contribution in [0.3, 0.4) is 0 Å². The van der Waals surface area contributed by atoms with E-state index in [9.17, 15) is 14.3 Å². The van der Waals surface area contributed by atoms with Crippen LogP contribution in [-0.2, 0) is 6.42 Å². The quantitative estimate of drug-likeness (QED) is 0.670. The van der Waals surface area contributed by atoms with Gasteiger partial charge in [-0.3, -0.25) is 9.78 Å². The summed E-state index contributed by atoms with van der Waals surface area (Å²) in [5.41, 5.74) is 5.61. The fourth-order valence-corrected chi connectivity index (χ4v) is 6.71. The first-order valence-electron chi connectivity index (χ1n) is 12.2. The smallest absolute Gasteiger partial charge is 0.251 e. The first kappa shape index (κ1) is 22.3. The van der Waals surface area contributed by atoms with Crippen LogP contribution in [0, 0.1) is 23.1 Å². The molecule has 5 heteroatoms. The predicted molar refractivity (Wildman–Crippen MR) is 127 cm³/mol. The van der Waals surface area contributed by atoms with Crippen molar-refractivity contribution in [1.82, 2.24) is 10.3 Å². The van der Waals surface area contributed by atoms with Crippen molar-refractivity contribution in [2.24, 2.45) is 17.3 Å². The number of pyridine rings is 1. The van der Waals surface area contributed by atoms with Crippen LogP contribution >= 0.6 is 0 Å². The highest BCUT2D eigenvalue weighted by molar-refractivity contribution is 5.94. The lowest BCUT2D eigenvalue weighted by Crippen LogP contribution is -2.41. The van der Waals surface area contributed by atoms with Gasteiger partial charge in [0, 0.05) is 11.8 Å². The minimum Gasteiger partial charge on any atom is -0.391 e. The van der Waals surface area contributed by atoms with Crippen LogP contribution in [0.15, 0.2) is 42.7 Å². The third-order valence-electron chi connectivity index (χ3n) is 8.67. The zero-order valence-corrected chi connectivity index (χ0v) is 19.6. The second kappa shape index (κ2) is 8.35. The highest BCUT2D eigenvalue weighted by atomic mass is 19.1. The maximum absolute atomic E-state index is 13.9. The van der Waals surface area contributed by atoms with E-state index in [1.807, 2.05) is 13.0 Å². The highest BCUT2D eigenvalue weighted by Gasteiger charge is 2.52. The van der Waals surface area contributed by atoms with Gasteiger partial charge in [0.05, 0.1) is 18.3 Å². The highest BCUT2D eigenvalue weighted by Crippen LogP contribution is 2.63. The fraction of sp³-hybridized carbons (Fsp3) is 0.500. The first-order chi connectivity index (χ1) is 15.8. The molecule has 1 fully saturated rings. The van der Waals surface area contributed by atoms with E-state index in [0.717, 1.165) is 37.7 Å². The minimum atomic E-state index is -0.586. The van der Waals surface area contributed by atoms with Gasteiger partial charge in [-0.2, -0.15) is 0 Å². The number of aryl methyl sites for hydroxylation is 1. The Kier molecular flexibility index (Phi) is 5.64. The molecule has 5 rings (SSSR count). The number of carbonyl (C=O) groups is 1. The lowest BCUT2D eigenvalue weighted by molar-refractivity contribution is 0.0867. The number of carbonyl (C=O) groups excluding carboxylic acids is 1. The second-order valence-electron chi connectivity index (χ2n) is 10.5. The van der Waals surface area contributed by atoms with E-state index in [0.29, 0.717) is 23.3 Å². The molecule has 1 amide bonds. The lowest BCUT2D eigenvalue weighted by Gasteiger charge is -2.50. The number of nitrogens with zero attached hydrogens (tertiary/aromatic N) is 1. The van der Waals surface area contributed by atoms with E-state index in [4.69, 9.17) is 0 Å². The molecule has 3 aliphatic rings. The molecule has 1 saturated carbocycles. The van der Waals surface area contributed by atoms with Crippen molar-refractivity contribution in [2.75, 3.05) is 0 Å². The average Bonchev–Trinajstić information content (AvgIpc) is 3.15. The number of aliphatic hydroxyl groups is 1. The molecule has 0 spiro atoms.